The molecule has 4 rings (SSSR count). The second kappa shape index (κ2) is 8.63. The Balaban J connectivity index is 1.63. The van der Waals surface area contributed by atoms with Crippen LogP contribution < -0.4 is 0 Å². The molecule has 1 aliphatic heterocycles. The molecule has 2 heterocycles. The van der Waals surface area contributed by atoms with Gasteiger partial charge in [-0.05, 0) is 31.2 Å². The van der Waals surface area contributed by atoms with E-state index in [4.69, 9.17) is 32.9 Å². The molecule has 30 heavy (non-hydrogen) atoms. The monoisotopic (exact) mass is 462 g/mol. The molecule has 8 heteroatoms. The van der Waals surface area contributed by atoms with Crippen molar-refractivity contribution in [2.75, 3.05) is 5.75 Å². The van der Waals surface area contributed by atoms with E-state index in [2.05, 4.69) is 4.98 Å². The number of carbonyl (C=O) groups is 1. The summed E-state index contributed by atoms with van der Waals surface area (Å²) in [6, 6.07) is 15.0. The third-order valence-electron chi connectivity index (χ3n) is 4.79. The van der Waals surface area contributed by atoms with Gasteiger partial charge in [-0.25, -0.2) is 4.98 Å². The molecule has 0 aliphatic carbocycles. The summed E-state index contributed by atoms with van der Waals surface area (Å²) in [6.45, 7) is 1.66. The smallest absolute Gasteiger partial charge is 0.309 e. The zero-order valence-corrected chi connectivity index (χ0v) is 18.5. The van der Waals surface area contributed by atoms with Gasteiger partial charge in [0.15, 0.2) is 5.16 Å². The van der Waals surface area contributed by atoms with E-state index < -0.39 is 5.60 Å². The van der Waals surface area contributed by atoms with Gasteiger partial charge in [-0.1, -0.05) is 59.2 Å². The van der Waals surface area contributed by atoms with Crippen molar-refractivity contribution in [1.82, 2.24) is 9.97 Å². The largest absolute Gasteiger partial charge is 0.461 e. The van der Waals surface area contributed by atoms with E-state index in [1.54, 1.807) is 6.92 Å². The molecule has 2 aromatic carbocycles. The van der Waals surface area contributed by atoms with Gasteiger partial charge in [0.2, 0.25) is 0 Å². The fourth-order valence-electron chi connectivity index (χ4n) is 3.53. The summed E-state index contributed by atoms with van der Waals surface area (Å²) < 4.78 is 5.39. The summed E-state index contributed by atoms with van der Waals surface area (Å²) in [5, 5.41) is 12.2. The Kier molecular flexibility index (Phi) is 6.11. The lowest BCUT2D eigenvalue weighted by Crippen LogP contribution is -2.41. The van der Waals surface area contributed by atoms with Gasteiger partial charge in [-0.2, -0.15) is 0 Å². The van der Waals surface area contributed by atoms with Crippen molar-refractivity contribution in [3.8, 4) is 22.5 Å². The number of H-pyrrole nitrogens is 1. The Bertz CT molecular complexity index is 1020. The second-order valence-corrected chi connectivity index (χ2v) is 9.47. The number of halogens is 2. The summed E-state index contributed by atoms with van der Waals surface area (Å²) in [5.41, 5.74) is 2.34. The first kappa shape index (κ1) is 21.2. The molecule has 2 atom stereocenters. The summed E-state index contributed by atoms with van der Waals surface area (Å²) in [6.07, 6.45) is 0.0437. The molecule has 1 unspecified atom stereocenters. The number of thioether (sulfide) groups is 1. The van der Waals surface area contributed by atoms with Gasteiger partial charge >= 0.3 is 5.97 Å². The highest BCUT2D eigenvalue weighted by molar-refractivity contribution is 7.99. The number of nitrogens with one attached hydrogen (secondary N) is 1. The summed E-state index contributed by atoms with van der Waals surface area (Å²) in [4.78, 5) is 19.9. The van der Waals surface area contributed by atoms with Crippen LogP contribution in [0.15, 0.2) is 53.7 Å². The lowest BCUT2D eigenvalue weighted by molar-refractivity contribution is -0.165. The molecule has 0 spiro atoms. The third kappa shape index (κ3) is 5.01. The topological polar surface area (TPSA) is 75.2 Å². The van der Waals surface area contributed by atoms with Crippen LogP contribution in [-0.2, 0) is 9.53 Å². The number of aliphatic hydroxyl groups is 1. The van der Waals surface area contributed by atoms with Crippen LogP contribution >= 0.6 is 35.0 Å². The predicted octanol–water partition coefficient (Wildman–Crippen LogP) is 5.60. The number of rotatable bonds is 5. The summed E-state index contributed by atoms with van der Waals surface area (Å²) >= 11 is 13.8. The summed E-state index contributed by atoms with van der Waals surface area (Å²) in [7, 11) is 0. The minimum Gasteiger partial charge on any atom is -0.461 e. The van der Waals surface area contributed by atoms with Gasteiger partial charge in [0.25, 0.3) is 0 Å². The van der Waals surface area contributed by atoms with Crippen LogP contribution in [0, 0.1) is 0 Å². The van der Waals surface area contributed by atoms with Crippen molar-refractivity contribution >= 4 is 40.9 Å². The van der Waals surface area contributed by atoms with Gasteiger partial charge < -0.3 is 14.8 Å². The van der Waals surface area contributed by atoms with E-state index in [-0.39, 0.29) is 18.5 Å². The Hall–Kier alpha value is -1.99. The molecule has 3 aromatic rings. The Morgan fingerprint density at radius 1 is 1.20 bits per heavy atom. The van der Waals surface area contributed by atoms with Crippen molar-refractivity contribution in [3.63, 3.8) is 0 Å². The van der Waals surface area contributed by atoms with Gasteiger partial charge in [-0.3, -0.25) is 4.79 Å². The average molecular weight is 463 g/mol. The van der Waals surface area contributed by atoms with Crippen LogP contribution in [0.3, 0.4) is 0 Å². The molecule has 1 saturated heterocycles. The fourth-order valence-corrected chi connectivity index (χ4v) is 4.77. The number of hydrogen-bond donors (Lipinski definition) is 2. The highest BCUT2D eigenvalue weighted by atomic mass is 35.5. The van der Waals surface area contributed by atoms with Crippen LogP contribution in [-0.4, -0.2) is 38.5 Å². The molecule has 5 nitrogen and oxygen atoms in total. The molecule has 0 amide bonds. The van der Waals surface area contributed by atoms with E-state index in [1.165, 1.54) is 11.8 Å². The Labute approximate surface area is 188 Å². The normalized spacial score (nSPS) is 21.5. The standard InChI is InChI=1S/C22H20Cl2N2O3S/c1-22(28)10-17(29-18(27)11-22)12-30-21-25-19(13-4-2-6-15(23)8-13)20(26-21)14-5-3-7-16(24)9-14/h2-9,17,28H,10-12H2,1H3,(H,25,26)/t17?,22-/m0/s1. The minimum absolute atomic E-state index is 0.0206. The average Bonchev–Trinajstić information content (AvgIpc) is 3.09. The van der Waals surface area contributed by atoms with Crippen molar-refractivity contribution in [1.29, 1.82) is 0 Å². The molecule has 1 aliphatic rings. The third-order valence-corrected chi connectivity index (χ3v) is 6.27. The lowest BCUT2D eigenvalue weighted by atomic mass is 9.93. The molecule has 1 aromatic heterocycles. The summed E-state index contributed by atoms with van der Waals surface area (Å²) in [5.74, 6) is 0.106. The Morgan fingerprint density at radius 2 is 1.87 bits per heavy atom. The maximum atomic E-state index is 11.8. The van der Waals surface area contributed by atoms with Gasteiger partial charge in [0.1, 0.15) is 6.10 Å². The van der Waals surface area contributed by atoms with E-state index in [0.29, 0.717) is 27.4 Å². The first-order chi connectivity index (χ1) is 14.3. The van der Waals surface area contributed by atoms with Crippen molar-refractivity contribution in [3.05, 3.63) is 58.6 Å². The van der Waals surface area contributed by atoms with E-state index >= 15 is 0 Å². The molecular formula is C22H20Cl2N2O3S. The molecule has 0 bridgehead atoms. The minimum atomic E-state index is -1.04. The van der Waals surface area contributed by atoms with Crippen molar-refractivity contribution < 1.29 is 14.6 Å². The van der Waals surface area contributed by atoms with Gasteiger partial charge in [0.05, 0.1) is 23.4 Å². The van der Waals surface area contributed by atoms with Crippen LogP contribution in [0.25, 0.3) is 22.5 Å². The number of carbonyl (C=O) groups excluding carboxylic acids is 1. The van der Waals surface area contributed by atoms with Crippen LogP contribution in [0.2, 0.25) is 10.0 Å². The first-order valence-electron chi connectivity index (χ1n) is 9.46. The number of aromatic amines is 1. The number of ether oxygens (including phenoxy) is 1. The lowest BCUT2D eigenvalue weighted by Gasteiger charge is -2.32. The van der Waals surface area contributed by atoms with Crippen molar-refractivity contribution in [2.24, 2.45) is 0 Å². The zero-order chi connectivity index (χ0) is 21.3. The molecule has 1 fully saturated rings. The fraction of sp³-hybridized carbons (Fsp3) is 0.273. The van der Waals surface area contributed by atoms with Crippen LogP contribution in [0.1, 0.15) is 19.8 Å². The van der Waals surface area contributed by atoms with Gasteiger partial charge in [0, 0.05) is 33.3 Å². The van der Waals surface area contributed by atoms with E-state index in [9.17, 15) is 9.90 Å². The highest BCUT2D eigenvalue weighted by Crippen LogP contribution is 2.35. The maximum absolute atomic E-state index is 11.8. The van der Waals surface area contributed by atoms with Crippen LogP contribution in [0.4, 0.5) is 0 Å². The molecular weight excluding hydrogens is 443 g/mol. The highest BCUT2D eigenvalue weighted by Gasteiger charge is 2.36. The SMILES string of the molecule is C[C@@]1(O)CC(=O)OC(CSc2nc(-c3cccc(Cl)c3)c(-c3cccc(Cl)c3)[nH]2)C1. The number of aromatic nitrogens is 2. The van der Waals surface area contributed by atoms with E-state index in [1.807, 2.05) is 48.5 Å². The van der Waals surface area contributed by atoms with Gasteiger partial charge in [-0.15, -0.1) is 0 Å². The van der Waals surface area contributed by atoms with E-state index in [0.717, 1.165) is 22.5 Å². The number of benzene rings is 2. The quantitative estimate of drug-likeness (QED) is 0.381. The number of hydrogen-bond acceptors (Lipinski definition) is 5. The van der Waals surface area contributed by atoms with Crippen LogP contribution in [0.5, 0.6) is 0 Å². The number of imidazole rings is 1. The number of cyclic esters (lactones) is 1. The Morgan fingerprint density at radius 3 is 2.53 bits per heavy atom. The molecule has 2 N–H and O–H groups in total. The van der Waals surface area contributed by atoms with Crippen molar-refractivity contribution in [2.45, 2.75) is 36.6 Å². The molecule has 156 valence electrons. The second-order valence-electron chi connectivity index (χ2n) is 7.59. The number of nitrogens with zero attached hydrogens (tertiary/aromatic N) is 1. The molecule has 0 radical (unpaired) electrons. The molecule has 0 saturated carbocycles. The number of esters is 1. The maximum Gasteiger partial charge on any atom is 0.309 e. The zero-order valence-electron chi connectivity index (χ0n) is 16.2. The predicted molar refractivity (Wildman–Crippen MR) is 120 cm³/mol. The first-order valence-corrected chi connectivity index (χ1v) is 11.2.